The maximum Gasteiger partial charge on any atom is 0.276 e. The van der Waals surface area contributed by atoms with Gasteiger partial charge in [-0.2, -0.15) is 0 Å². The average molecular weight is 376 g/mol. The van der Waals surface area contributed by atoms with Crippen molar-refractivity contribution >= 4 is 16.7 Å². The van der Waals surface area contributed by atoms with Crippen LogP contribution in [0.15, 0.2) is 36.7 Å². The molecule has 1 saturated carbocycles. The fourth-order valence-corrected chi connectivity index (χ4v) is 4.88. The molecule has 3 heterocycles. The van der Waals surface area contributed by atoms with Gasteiger partial charge < -0.3 is 10.6 Å². The van der Waals surface area contributed by atoms with Crippen LogP contribution in [0.25, 0.3) is 16.5 Å². The van der Waals surface area contributed by atoms with Gasteiger partial charge in [0.1, 0.15) is 0 Å². The highest BCUT2D eigenvalue weighted by molar-refractivity contribution is 5.94. The Kier molecular flexibility index (Phi) is 4.12. The van der Waals surface area contributed by atoms with Crippen molar-refractivity contribution in [1.29, 1.82) is 0 Å². The average Bonchev–Trinajstić information content (AvgIpc) is 3.32. The maximum absolute atomic E-state index is 13.2. The summed E-state index contributed by atoms with van der Waals surface area (Å²) in [6.45, 7) is 3.42. The van der Waals surface area contributed by atoms with Gasteiger partial charge in [-0.25, -0.2) is 4.68 Å². The predicted molar refractivity (Wildman–Crippen MR) is 106 cm³/mol. The zero-order valence-electron chi connectivity index (χ0n) is 16.0. The van der Waals surface area contributed by atoms with Crippen LogP contribution >= 0.6 is 0 Å². The number of carbonyl (C=O) groups excluding carboxylic acids is 1. The molecule has 0 spiro atoms. The fraction of sp³-hybridized carbons (Fsp3) is 0.429. The number of benzene rings is 1. The third-order valence-electron chi connectivity index (χ3n) is 6.42. The minimum absolute atomic E-state index is 0.0350. The van der Waals surface area contributed by atoms with Gasteiger partial charge >= 0.3 is 0 Å². The number of carbonyl (C=O) groups is 1. The lowest BCUT2D eigenvalue weighted by Crippen LogP contribution is -2.38. The Bertz CT molecular complexity index is 1040. The lowest BCUT2D eigenvalue weighted by Gasteiger charge is -2.29. The standard InChI is InChI=1S/C21H24N6O/c1-13-20(21(28)26-11-15-5-2-6-18(22)17(15)12-26)24-25-27(13)19-7-3-4-14-10-23-9-8-16(14)19/h3-4,7-10,15,17-18H,2,5-6,11-12,22H2,1H3. The quantitative estimate of drug-likeness (QED) is 0.741. The second kappa shape index (κ2) is 6.67. The molecule has 1 aliphatic carbocycles. The summed E-state index contributed by atoms with van der Waals surface area (Å²) in [5.74, 6) is 0.902. The highest BCUT2D eigenvalue weighted by Gasteiger charge is 2.41. The van der Waals surface area contributed by atoms with Crippen molar-refractivity contribution in [3.8, 4) is 5.69 Å². The Morgan fingerprint density at radius 3 is 2.96 bits per heavy atom. The topological polar surface area (TPSA) is 89.9 Å². The summed E-state index contributed by atoms with van der Waals surface area (Å²) in [5, 5.41) is 10.6. The van der Waals surface area contributed by atoms with Crippen LogP contribution in [0.5, 0.6) is 0 Å². The van der Waals surface area contributed by atoms with Crippen molar-refractivity contribution < 1.29 is 4.79 Å². The van der Waals surface area contributed by atoms with Crippen LogP contribution in [0.3, 0.4) is 0 Å². The Hall–Kier alpha value is -2.80. The fourth-order valence-electron chi connectivity index (χ4n) is 4.88. The molecule has 5 rings (SSSR count). The summed E-state index contributed by atoms with van der Waals surface area (Å²) in [6.07, 6.45) is 6.98. The summed E-state index contributed by atoms with van der Waals surface area (Å²) >= 11 is 0. The lowest BCUT2D eigenvalue weighted by atomic mass is 9.78. The van der Waals surface area contributed by atoms with Crippen molar-refractivity contribution in [1.82, 2.24) is 24.9 Å². The van der Waals surface area contributed by atoms with Crippen LogP contribution in [0, 0.1) is 18.8 Å². The zero-order valence-corrected chi connectivity index (χ0v) is 16.0. The van der Waals surface area contributed by atoms with E-state index >= 15 is 0 Å². The number of fused-ring (bicyclic) bond motifs is 2. The molecule has 1 amide bonds. The molecule has 7 heteroatoms. The normalized spacial score (nSPS) is 24.5. The SMILES string of the molecule is Cc1c(C(=O)N2CC3CCCC(N)C3C2)nnn1-c1cccc2cnccc12. The highest BCUT2D eigenvalue weighted by Crippen LogP contribution is 2.36. The smallest absolute Gasteiger partial charge is 0.276 e. The molecular weight excluding hydrogens is 352 g/mol. The van der Waals surface area contributed by atoms with Gasteiger partial charge in [-0.3, -0.25) is 9.78 Å². The second-order valence-corrected chi connectivity index (χ2v) is 8.04. The van der Waals surface area contributed by atoms with Gasteiger partial charge in [-0.15, -0.1) is 5.10 Å². The zero-order chi connectivity index (χ0) is 19.3. The Morgan fingerprint density at radius 1 is 1.21 bits per heavy atom. The summed E-state index contributed by atoms with van der Waals surface area (Å²) in [7, 11) is 0. The first kappa shape index (κ1) is 17.3. The van der Waals surface area contributed by atoms with Crippen molar-refractivity contribution in [2.45, 2.75) is 32.2 Å². The summed E-state index contributed by atoms with van der Waals surface area (Å²) < 4.78 is 1.75. The molecule has 0 bridgehead atoms. The molecular formula is C21H24N6O. The number of rotatable bonds is 2. The molecule has 28 heavy (non-hydrogen) atoms. The monoisotopic (exact) mass is 376 g/mol. The van der Waals surface area contributed by atoms with E-state index in [1.807, 2.05) is 42.3 Å². The summed E-state index contributed by atoms with van der Waals surface area (Å²) in [6, 6.07) is 8.13. The van der Waals surface area contributed by atoms with Gasteiger partial charge in [-0.05, 0) is 43.7 Å². The molecule has 0 radical (unpaired) electrons. The minimum Gasteiger partial charge on any atom is -0.337 e. The molecule has 2 N–H and O–H groups in total. The number of hydrogen-bond acceptors (Lipinski definition) is 5. The van der Waals surface area contributed by atoms with E-state index in [-0.39, 0.29) is 11.9 Å². The predicted octanol–water partition coefficient (Wildman–Crippen LogP) is 2.32. The number of pyridine rings is 1. The van der Waals surface area contributed by atoms with E-state index in [9.17, 15) is 4.79 Å². The van der Waals surface area contributed by atoms with Gasteiger partial charge in [0.15, 0.2) is 5.69 Å². The molecule has 2 fully saturated rings. The first-order valence-corrected chi connectivity index (χ1v) is 9.94. The van der Waals surface area contributed by atoms with E-state index in [2.05, 4.69) is 15.3 Å². The van der Waals surface area contributed by atoms with Crippen LogP contribution in [0.4, 0.5) is 0 Å². The molecule has 1 aliphatic heterocycles. The van der Waals surface area contributed by atoms with Crippen LogP contribution in [-0.4, -0.2) is 49.9 Å². The van der Waals surface area contributed by atoms with E-state index < -0.39 is 0 Å². The molecule has 1 saturated heterocycles. The van der Waals surface area contributed by atoms with Crippen molar-refractivity contribution in [2.75, 3.05) is 13.1 Å². The molecule has 3 aromatic rings. The van der Waals surface area contributed by atoms with Gasteiger partial charge in [0.2, 0.25) is 0 Å². The number of aromatic nitrogens is 4. The van der Waals surface area contributed by atoms with Gasteiger partial charge in [-0.1, -0.05) is 23.8 Å². The number of amides is 1. The molecule has 3 unspecified atom stereocenters. The second-order valence-electron chi connectivity index (χ2n) is 8.04. The first-order chi connectivity index (χ1) is 13.6. The summed E-state index contributed by atoms with van der Waals surface area (Å²) in [4.78, 5) is 19.3. The van der Waals surface area contributed by atoms with E-state index in [0.29, 0.717) is 17.5 Å². The molecule has 2 aromatic heterocycles. The Morgan fingerprint density at radius 2 is 2.11 bits per heavy atom. The van der Waals surface area contributed by atoms with Crippen LogP contribution in [0.1, 0.15) is 35.4 Å². The molecule has 2 aliphatic rings. The minimum atomic E-state index is -0.0350. The van der Waals surface area contributed by atoms with Gasteiger partial charge in [0.25, 0.3) is 5.91 Å². The van der Waals surface area contributed by atoms with E-state index in [0.717, 1.165) is 54.5 Å². The van der Waals surface area contributed by atoms with E-state index in [1.54, 1.807) is 10.9 Å². The molecule has 7 nitrogen and oxygen atoms in total. The lowest BCUT2D eigenvalue weighted by molar-refractivity contribution is 0.0777. The Balaban J connectivity index is 1.47. The first-order valence-electron chi connectivity index (χ1n) is 9.94. The number of hydrogen-bond donors (Lipinski definition) is 1. The molecule has 1 aromatic carbocycles. The Labute approximate surface area is 163 Å². The third-order valence-corrected chi connectivity index (χ3v) is 6.42. The molecule has 144 valence electrons. The number of likely N-dealkylation sites (tertiary alicyclic amines) is 1. The highest BCUT2D eigenvalue weighted by atomic mass is 16.2. The van der Waals surface area contributed by atoms with E-state index in [1.165, 1.54) is 0 Å². The third kappa shape index (κ3) is 2.69. The molecule has 3 atom stereocenters. The number of nitrogens with two attached hydrogens (primary N) is 1. The van der Waals surface area contributed by atoms with E-state index in [4.69, 9.17) is 5.73 Å². The van der Waals surface area contributed by atoms with Crippen LogP contribution in [-0.2, 0) is 0 Å². The van der Waals surface area contributed by atoms with Crippen molar-refractivity contribution in [3.63, 3.8) is 0 Å². The van der Waals surface area contributed by atoms with Gasteiger partial charge in [0.05, 0.1) is 11.4 Å². The van der Waals surface area contributed by atoms with Crippen LogP contribution < -0.4 is 5.73 Å². The van der Waals surface area contributed by atoms with Crippen LogP contribution in [0.2, 0.25) is 0 Å². The summed E-state index contributed by atoms with van der Waals surface area (Å²) in [5.41, 5.74) is 8.40. The number of nitrogens with zero attached hydrogens (tertiary/aromatic N) is 5. The largest absolute Gasteiger partial charge is 0.337 e. The van der Waals surface area contributed by atoms with Gasteiger partial charge in [0, 0.05) is 42.3 Å². The van der Waals surface area contributed by atoms with Crippen molar-refractivity contribution in [2.24, 2.45) is 17.6 Å². The maximum atomic E-state index is 13.2. The van der Waals surface area contributed by atoms with Crippen molar-refractivity contribution in [3.05, 3.63) is 48.0 Å².